The second-order valence-corrected chi connectivity index (χ2v) is 29.6. The summed E-state index contributed by atoms with van der Waals surface area (Å²) >= 11 is 5.76. The van der Waals surface area contributed by atoms with Gasteiger partial charge in [0.1, 0.15) is 78.5 Å². The number of likely N-dealkylation sites (tertiary alicyclic amines) is 1. The molecule has 1 aromatic carbocycles. The normalized spacial score (nSPS) is 16.8. The number of aliphatic hydroxyl groups is 3. The fraction of sp³-hybridized carbons (Fsp3) is 0.671. The van der Waals surface area contributed by atoms with Gasteiger partial charge in [-0.1, -0.05) is 92.1 Å². The van der Waals surface area contributed by atoms with E-state index in [4.69, 9.17) is 17.2 Å². The number of carboxylic acids is 2. The first-order valence-corrected chi connectivity index (χ1v) is 38.4. The van der Waals surface area contributed by atoms with E-state index in [1.165, 1.54) is 18.7 Å². The van der Waals surface area contributed by atoms with Crippen LogP contribution in [0, 0.1) is 23.7 Å². The van der Waals surface area contributed by atoms with Crippen molar-refractivity contribution in [1.29, 1.82) is 0 Å². The molecule has 23 N–H and O–H groups in total. The van der Waals surface area contributed by atoms with E-state index in [-0.39, 0.29) is 63.3 Å². The van der Waals surface area contributed by atoms with Crippen molar-refractivity contribution in [3.63, 3.8) is 0 Å². The third-order valence-corrected chi connectivity index (χ3v) is 18.8. The van der Waals surface area contributed by atoms with E-state index in [1.807, 2.05) is 6.26 Å². The maximum atomic E-state index is 14.6. The van der Waals surface area contributed by atoms with Gasteiger partial charge in [0.05, 0.1) is 25.4 Å². The third-order valence-electron chi connectivity index (χ3n) is 17.8. The molecule has 0 aliphatic carbocycles. The molecule has 1 saturated heterocycles. The van der Waals surface area contributed by atoms with Crippen LogP contribution in [-0.4, -0.2) is 259 Å². The van der Waals surface area contributed by atoms with Gasteiger partial charge in [-0.05, 0) is 99.5 Å². The van der Waals surface area contributed by atoms with Crippen LogP contribution < -0.4 is 81.0 Å². The van der Waals surface area contributed by atoms with E-state index in [2.05, 4.69) is 76.4 Å². The lowest BCUT2D eigenvalue weighted by Crippen LogP contribution is -2.62. The molecule has 1 heterocycles. The van der Waals surface area contributed by atoms with Crippen LogP contribution in [-0.2, 0) is 87.9 Å². The highest BCUT2D eigenvalue weighted by Gasteiger charge is 2.42. The molecule has 38 nitrogen and oxygen atoms in total. The lowest BCUT2D eigenvalue weighted by atomic mass is 9.97. The second kappa shape index (κ2) is 49.1. The van der Waals surface area contributed by atoms with Gasteiger partial charge in [-0.2, -0.15) is 24.4 Å². The minimum atomic E-state index is -1.89. The number of nitrogens with zero attached hydrogens (tertiary/aromatic N) is 1. The molecular weight excluding hydrogens is 1480 g/mol. The number of amides is 15. The predicted octanol–water partition coefficient (Wildman–Crippen LogP) is -5.31. The van der Waals surface area contributed by atoms with E-state index in [0.29, 0.717) is 17.7 Å². The van der Waals surface area contributed by atoms with Crippen molar-refractivity contribution in [1.82, 2.24) is 68.7 Å². The number of nitrogens with one attached hydrogen (secondary N) is 12. The van der Waals surface area contributed by atoms with Gasteiger partial charge in [-0.25, -0.2) is 4.79 Å². The molecule has 1 aliphatic heterocycles. The predicted molar refractivity (Wildman–Crippen MR) is 403 cm³/mol. The number of aliphatic carboxylic acids is 2. The molecule has 0 saturated carbocycles. The standard InChI is InChI=1S/C70H114N16O22S2/c1-11-37(8)55(67(104)76-43(70(107)108)20-23-52(73)91)84-63(100)47(31-87)80-65(102)50-18-15-26-86(50)69(106)48(32-88)81-59(96)42(21-24-53(92)93)75-61(98)46(30-39-16-13-12-14-17-39)79-58(95)41(19-22-51(72)90)74-60(97)44(28-34(2)3)78-64(101)49(33-109)82-66(103)54(36(6)7)83-68(105)56(38(9)89)85-62(99)45(29-35(4)5)77-57(94)40(71)25-27-110-10/h12-14,16-17,34-38,40-50,54-56,87-89,109H,11,15,18-33,71H2,1-10H3,(H2,72,90)(H2,73,91)(H,74,97)(H,75,98)(H,76,104)(H,77,94)(H,78,101)(H,79,95)(H,80,102)(H,81,96)(H,82,103)(H,83,105)(H,84,100)(H,85,99)(H,92,93)(H,107,108)/t37-,38+,40-,41-,42-,43-,44-,45-,46-,47-,48-,49-,50-,54-,55-,56-/m0/s1. The second-order valence-electron chi connectivity index (χ2n) is 28.2. The van der Waals surface area contributed by atoms with E-state index in [0.717, 1.165) is 4.90 Å². The van der Waals surface area contributed by atoms with Crippen LogP contribution in [0.15, 0.2) is 30.3 Å². The molecule has 15 amide bonds. The number of rotatable bonds is 51. The van der Waals surface area contributed by atoms with Crippen molar-refractivity contribution in [2.75, 3.05) is 37.5 Å². The van der Waals surface area contributed by atoms with Gasteiger partial charge in [0.2, 0.25) is 88.6 Å². The summed E-state index contributed by atoms with van der Waals surface area (Å²) in [4.78, 5) is 231. The topological polar surface area (TPSA) is 617 Å². The maximum Gasteiger partial charge on any atom is 0.326 e. The Hall–Kier alpha value is -9.25. The number of thiol groups is 1. The van der Waals surface area contributed by atoms with Gasteiger partial charge in [0, 0.05) is 38.0 Å². The van der Waals surface area contributed by atoms with Crippen LogP contribution >= 0.6 is 24.4 Å². The number of aliphatic hydroxyl groups excluding tert-OH is 3. The Balaban J connectivity index is 2.45. The van der Waals surface area contributed by atoms with Crippen LogP contribution in [0.2, 0.25) is 0 Å². The number of hydrogen-bond donors (Lipinski definition) is 21. The Morgan fingerprint density at radius 1 is 0.509 bits per heavy atom. The number of carbonyl (C=O) groups excluding carboxylic acids is 15. The molecule has 618 valence electrons. The van der Waals surface area contributed by atoms with E-state index in [1.54, 1.807) is 85.7 Å². The van der Waals surface area contributed by atoms with Gasteiger partial charge in [-0.15, -0.1) is 0 Å². The van der Waals surface area contributed by atoms with Gasteiger partial charge in [0.15, 0.2) is 0 Å². The minimum absolute atomic E-state index is 0.0542. The van der Waals surface area contributed by atoms with Crippen LogP contribution in [0.1, 0.15) is 145 Å². The molecule has 1 aliphatic rings. The average Bonchev–Trinajstić information content (AvgIpc) is 1.51. The number of primary amides is 2. The number of nitrogens with two attached hydrogens (primary N) is 3. The Labute approximate surface area is 648 Å². The van der Waals surface area contributed by atoms with Crippen LogP contribution in [0.25, 0.3) is 0 Å². The largest absolute Gasteiger partial charge is 0.481 e. The van der Waals surface area contributed by atoms with E-state index >= 15 is 0 Å². The van der Waals surface area contributed by atoms with Crippen LogP contribution in [0.5, 0.6) is 0 Å². The number of carboxylic acid groups (broad SMARTS) is 2. The lowest BCUT2D eigenvalue weighted by Gasteiger charge is -2.31. The van der Waals surface area contributed by atoms with Gasteiger partial charge >= 0.3 is 11.9 Å². The van der Waals surface area contributed by atoms with E-state index < -0.39 is 254 Å². The fourth-order valence-electron chi connectivity index (χ4n) is 11.4. The number of benzene rings is 1. The van der Waals surface area contributed by atoms with Crippen molar-refractivity contribution in [3.8, 4) is 0 Å². The fourth-order valence-corrected chi connectivity index (χ4v) is 12.1. The molecule has 0 spiro atoms. The first-order valence-electron chi connectivity index (χ1n) is 36.4. The van der Waals surface area contributed by atoms with Gasteiger partial charge in [-0.3, -0.25) is 76.7 Å². The quantitative estimate of drug-likeness (QED) is 0.0271. The van der Waals surface area contributed by atoms with E-state index in [9.17, 15) is 107 Å². The van der Waals surface area contributed by atoms with Gasteiger partial charge in [0.25, 0.3) is 0 Å². The molecule has 1 fully saturated rings. The summed E-state index contributed by atoms with van der Waals surface area (Å²) in [5.74, 6) is -19.4. The lowest BCUT2D eigenvalue weighted by molar-refractivity contribution is -0.144. The van der Waals surface area contributed by atoms with Gasteiger partial charge < -0.3 is 111 Å². The molecule has 0 bridgehead atoms. The zero-order chi connectivity index (χ0) is 83.4. The zero-order valence-electron chi connectivity index (χ0n) is 63.8. The summed E-state index contributed by atoms with van der Waals surface area (Å²) in [7, 11) is 0. The average molecular weight is 1600 g/mol. The highest BCUT2D eigenvalue weighted by molar-refractivity contribution is 7.98. The zero-order valence-corrected chi connectivity index (χ0v) is 65.5. The monoisotopic (exact) mass is 1590 g/mol. The maximum absolute atomic E-state index is 14.6. The Bertz CT molecular complexity index is 3320. The minimum Gasteiger partial charge on any atom is -0.481 e. The highest BCUT2D eigenvalue weighted by atomic mass is 32.2. The molecule has 1 aromatic rings. The molecular formula is C70H114N16O22S2. The summed E-state index contributed by atoms with van der Waals surface area (Å²) in [5, 5.41) is 80.5. The molecule has 16 atom stereocenters. The summed E-state index contributed by atoms with van der Waals surface area (Å²) in [6.45, 7) is 12.2. The number of hydrogen-bond acceptors (Lipinski definition) is 23. The molecule has 40 heteroatoms. The molecule has 0 radical (unpaired) electrons. The third kappa shape index (κ3) is 33.5. The summed E-state index contributed by atoms with van der Waals surface area (Å²) in [6, 6.07) is -13.6. The smallest absolute Gasteiger partial charge is 0.326 e. The summed E-state index contributed by atoms with van der Waals surface area (Å²) in [5.41, 5.74) is 17.1. The molecule has 110 heavy (non-hydrogen) atoms. The van der Waals surface area contributed by atoms with Crippen LogP contribution in [0.3, 0.4) is 0 Å². The summed E-state index contributed by atoms with van der Waals surface area (Å²) in [6.07, 6.45) is -2.64. The summed E-state index contributed by atoms with van der Waals surface area (Å²) < 4.78 is 0. The Kier molecular flexibility index (Phi) is 43.2. The van der Waals surface area contributed by atoms with Crippen molar-refractivity contribution < 1.29 is 107 Å². The molecule has 0 unspecified atom stereocenters. The number of thioether (sulfide) groups is 1. The first-order chi connectivity index (χ1) is 51.6. The van der Waals surface area contributed by atoms with Crippen molar-refractivity contribution in [3.05, 3.63) is 35.9 Å². The first kappa shape index (κ1) is 96.8. The Morgan fingerprint density at radius 3 is 1.41 bits per heavy atom. The van der Waals surface area contributed by atoms with Crippen molar-refractivity contribution in [2.24, 2.45) is 40.9 Å². The highest BCUT2D eigenvalue weighted by Crippen LogP contribution is 2.21. The number of carbonyl (C=O) groups is 17. The molecule has 2 rings (SSSR count). The van der Waals surface area contributed by atoms with Crippen molar-refractivity contribution in [2.45, 2.75) is 236 Å². The Morgan fingerprint density at radius 2 is 0.927 bits per heavy atom. The van der Waals surface area contributed by atoms with Crippen LogP contribution in [0.4, 0.5) is 0 Å². The SMILES string of the molecule is CC[C@H](C)[C@H](NC(=O)[C@H](CO)NC(=O)[C@@H]1CCCN1C(=O)[C@H](CO)NC(=O)[C@H](CCC(=O)O)NC(=O)[C@H](Cc1ccccc1)NC(=O)[C@H](CCC(N)=O)NC(=O)[C@H](CC(C)C)NC(=O)[C@H](CS)NC(=O)[C@@H](NC(=O)[C@@H](NC(=O)[C@H](CC(C)C)NC(=O)[C@@H](N)CCSC)[C@@H](C)O)C(C)C)C(=O)N[C@@H](CCC(N)=O)C(=O)O. The molecule has 0 aromatic heterocycles. The van der Waals surface area contributed by atoms with Crippen molar-refractivity contribution >= 4 is 125 Å².